The molecule has 0 fully saturated rings. The van der Waals surface area contributed by atoms with Crippen molar-refractivity contribution in [3.8, 4) is 20.9 Å². The third-order valence-corrected chi connectivity index (χ3v) is 21.8. The van der Waals surface area contributed by atoms with Crippen molar-refractivity contribution in [2.24, 2.45) is 0 Å². The van der Waals surface area contributed by atoms with Gasteiger partial charge < -0.3 is 0 Å². The van der Waals surface area contributed by atoms with E-state index in [1.165, 1.54) is 136 Å². The van der Waals surface area contributed by atoms with Crippen molar-refractivity contribution < 1.29 is 0 Å². The molecule has 14 rings (SSSR count). The summed E-state index contributed by atoms with van der Waals surface area (Å²) >= 11 is 4.27. The molecule has 0 saturated carbocycles. The third-order valence-electron chi connectivity index (χ3n) is 15.0. The molecule has 68 heavy (non-hydrogen) atoms. The van der Waals surface area contributed by atoms with E-state index in [9.17, 15) is 0 Å². The van der Waals surface area contributed by atoms with Crippen LogP contribution in [0.15, 0.2) is 170 Å². The Hall–Kier alpha value is -5.94. The van der Waals surface area contributed by atoms with Gasteiger partial charge in [0.1, 0.15) is 0 Å². The van der Waals surface area contributed by atoms with Crippen LogP contribution in [-0.4, -0.2) is 29.0 Å². The molecule has 4 aromatic heterocycles. The first-order valence-electron chi connectivity index (χ1n) is 23.5. The molecule has 0 saturated heterocycles. The number of hydrogen-bond acceptors (Lipinski definition) is 4. The molecule has 2 aliphatic rings. The molecular weight excluding hydrogens is 995 g/mol. The Balaban J connectivity index is 1.07. The zero-order chi connectivity index (χ0) is 45.8. The van der Waals surface area contributed by atoms with Crippen molar-refractivity contribution in [2.45, 2.75) is 52.4 Å². The second kappa shape index (κ2) is 14.8. The van der Waals surface area contributed by atoms with Crippen LogP contribution in [-0.2, 0) is 10.8 Å². The predicted octanol–water partition coefficient (Wildman–Crippen LogP) is 17.9. The predicted molar refractivity (Wildman–Crippen MR) is 298 cm³/mol. The first-order valence-corrected chi connectivity index (χ1v) is 28.5. The number of para-hydroxylation sites is 2. The summed E-state index contributed by atoms with van der Waals surface area (Å²) in [5.74, 6) is 0. The van der Waals surface area contributed by atoms with Gasteiger partial charge in [-0.05, 0) is 0 Å². The molecule has 0 atom stereocenters. The molecule has 6 heteroatoms. The number of anilines is 6. The van der Waals surface area contributed by atoms with Gasteiger partial charge in [-0.25, -0.2) is 0 Å². The van der Waals surface area contributed by atoms with E-state index in [2.05, 4.69) is 221 Å². The summed E-state index contributed by atoms with van der Waals surface area (Å²) in [5.41, 5.74) is 15.1. The SMILES string of the molecule is Cc1ccc(-c2cc3cc(N4c5ccccc5C(C)(C)c5cc6c(cc54)[se]c4ccccc46)cc(-c4ccc(C)s4)c3cc2N2c3ccccc3C(C)(C)c3cc4c(cc32)[se]c2ccccc24)s1. The van der Waals surface area contributed by atoms with Gasteiger partial charge in [0.2, 0.25) is 0 Å². The van der Waals surface area contributed by atoms with Crippen LogP contribution in [0.1, 0.15) is 59.7 Å². The number of hydrogen-bond donors (Lipinski definition) is 0. The Kier molecular flexibility index (Phi) is 8.93. The van der Waals surface area contributed by atoms with Crippen LogP contribution in [0.25, 0.3) is 70.2 Å². The van der Waals surface area contributed by atoms with E-state index in [1.807, 2.05) is 22.7 Å². The zero-order valence-electron chi connectivity index (χ0n) is 38.7. The van der Waals surface area contributed by atoms with Crippen molar-refractivity contribution in [3.05, 3.63) is 202 Å². The summed E-state index contributed by atoms with van der Waals surface area (Å²) < 4.78 is 5.88. The van der Waals surface area contributed by atoms with Crippen molar-refractivity contribution in [3.63, 3.8) is 0 Å². The van der Waals surface area contributed by atoms with Crippen LogP contribution >= 0.6 is 22.7 Å². The molecular formula is C62H46N2S2Se2. The van der Waals surface area contributed by atoms with E-state index >= 15 is 0 Å². The fourth-order valence-corrected chi connectivity index (χ4v) is 18.1. The normalized spacial score (nSPS) is 14.8. The second-order valence-corrected chi connectivity index (χ2v) is 26.9. The van der Waals surface area contributed by atoms with Crippen molar-refractivity contribution in [1.29, 1.82) is 0 Å². The van der Waals surface area contributed by atoms with Crippen LogP contribution in [0.2, 0.25) is 0 Å². The zero-order valence-corrected chi connectivity index (χ0v) is 43.8. The number of nitrogens with zero attached hydrogens (tertiary/aromatic N) is 2. The quantitative estimate of drug-likeness (QED) is 0.162. The molecule has 2 aliphatic heterocycles. The van der Waals surface area contributed by atoms with E-state index in [-0.39, 0.29) is 39.8 Å². The first-order chi connectivity index (χ1) is 33.0. The Morgan fingerprint density at radius 1 is 0.368 bits per heavy atom. The average molecular weight is 1040 g/mol. The number of benzene rings is 8. The molecule has 0 unspecified atom stereocenters. The molecule has 6 heterocycles. The number of aryl methyl sites for hydroxylation is 2. The van der Waals surface area contributed by atoms with E-state index in [0.717, 1.165) is 0 Å². The van der Waals surface area contributed by atoms with Crippen LogP contribution in [0.5, 0.6) is 0 Å². The van der Waals surface area contributed by atoms with Gasteiger partial charge in [0, 0.05) is 0 Å². The van der Waals surface area contributed by atoms with Gasteiger partial charge in [0.05, 0.1) is 0 Å². The Morgan fingerprint density at radius 2 is 0.868 bits per heavy atom. The molecule has 0 amide bonds. The molecule has 2 nitrogen and oxygen atoms in total. The van der Waals surface area contributed by atoms with E-state index in [4.69, 9.17) is 0 Å². The molecule has 8 aromatic carbocycles. The van der Waals surface area contributed by atoms with Crippen molar-refractivity contribution >= 4 is 135 Å². The number of fused-ring (bicyclic) bond motifs is 11. The minimum atomic E-state index is -0.202. The maximum absolute atomic E-state index is 2.63. The summed E-state index contributed by atoms with van der Waals surface area (Å²) in [6.07, 6.45) is 0. The molecule has 0 bridgehead atoms. The molecule has 0 radical (unpaired) electrons. The Labute approximate surface area is 416 Å². The fraction of sp³-hybridized carbons (Fsp3) is 0.129. The van der Waals surface area contributed by atoms with Gasteiger partial charge in [-0.15, -0.1) is 0 Å². The molecule has 0 spiro atoms. The summed E-state index contributed by atoms with van der Waals surface area (Å²) in [6, 6.07) is 66.0. The van der Waals surface area contributed by atoms with Gasteiger partial charge >= 0.3 is 420 Å². The van der Waals surface area contributed by atoms with Crippen LogP contribution in [0.4, 0.5) is 34.1 Å². The van der Waals surface area contributed by atoms with Crippen LogP contribution in [0.3, 0.4) is 0 Å². The van der Waals surface area contributed by atoms with E-state index in [0.29, 0.717) is 0 Å². The van der Waals surface area contributed by atoms with Gasteiger partial charge in [0.25, 0.3) is 0 Å². The Bertz CT molecular complexity index is 4100. The second-order valence-electron chi connectivity index (χ2n) is 19.8. The van der Waals surface area contributed by atoms with Crippen molar-refractivity contribution in [1.82, 2.24) is 0 Å². The summed E-state index contributed by atoms with van der Waals surface area (Å²) in [4.78, 5) is 10.4. The molecule has 0 aliphatic carbocycles. The van der Waals surface area contributed by atoms with Crippen LogP contribution in [0, 0.1) is 13.8 Å². The average Bonchev–Trinajstić information content (AvgIpc) is 4.15. The topological polar surface area (TPSA) is 6.48 Å². The summed E-state index contributed by atoms with van der Waals surface area (Å²) in [5, 5.41) is 8.12. The Morgan fingerprint density at radius 3 is 1.43 bits per heavy atom. The van der Waals surface area contributed by atoms with Crippen molar-refractivity contribution in [2.75, 3.05) is 9.80 Å². The van der Waals surface area contributed by atoms with E-state index < -0.39 is 0 Å². The van der Waals surface area contributed by atoms with Gasteiger partial charge in [-0.3, -0.25) is 0 Å². The summed E-state index contributed by atoms with van der Waals surface area (Å²) in [6.45, 7) is 14.2. The van der Waals surface area contributed by atoms with Gasteiger partial charge in [-0.2, -0.15) is 0 Å². The van der Waals surface area contributed by atoms with Gasteiger partial charge in [-0.1, -0.05) is 0 Å². The van der Waals surface area contributed by atoms with E-state index in [1.54, 1.807) is 0 Å². The fourth-order valence-electron chi connectivity index (χ4n) is 11.6. The minimum absolute atomic E-state index is 0.189. The first kappa shape index (κ1) is 41.1. The standard InChI is InChI=1S/C62H46N2S2Se2/c1-35-23-25-55(65-35)42-29-38(63-50-19-11-9-17-46(50)61(3,4)48-30-43-39-15-7-13-21-57(39)67-59(43)33-53(48)63)27-37-28-45(56-26-24-36(2)66-56)52(32-41(37)42)64-51-20-12-10-18-47(51)62(5,6)49-31-44-40-16-8-14-22-58(40)68-60(44)34-54(49)64/h7-34H,1-6H3. The third kappa shape index (κ3) is 5.92. The monoisotopic (exact) mass is 1040 g/mol. The van der Waals surface area contributed by atoms with Crippen LogP contribution < -0.4 is 9.80 Å². The molecule has 328 valence electrons. The summed E-state index contributed by atoms with van der Waals surface area (Å²) in [7, 11) is 0. The molecule has 12 aromatic rings. The molecule has 0 N–H and O–H groups in total. The maximum atomic E-state index is 2.63. The van der Waals surface area contributed by atoms with Gasteiger partial charge in [0.15, 0.2) is 0 Å². The number of rotatable bonds is 4. The number of thiophene rings is 2.